The number of unbranched alkanes of at least 4 members (excludes halogenated alkanes) is 11. The largest absolute Gasteiger partial charge is 0.491 e. The summed E-state index contributed by atoms with van der Waals surface area (Å²) in [5, 5.41) is 8.97. The molecule has 0 bridgehead atoms. The molecule has 0 aromatic heterocycles. The first kappa shape index (κ1) is 24.9. The molecule has 0 fully saturated rings. The topological polar surface area (TPSA) is 46.5 Å². The van der Waals surface area contributed by atoms with E-state index in [0.29, 0.717) is 12.2 Å². The second-order valence-corrected chi connectivity index (χ2v) is 8.27. The summed E-state index contributed by atoms with van der Waals surface area (Å²) in [6.45, 7) is 2.78. The summed E-state index contributed by atoms with van der Waals surface area (Å²) in [5.41, 5.74) is 1.69. The first-order chi connectivity index (χ1) is 15.1. The third kappa shape index (κ3) is 9.54. The molecule has 0 amide bonds. The lowest BCUT2D eigenvalue weighted by atomic mass is 10.0. The highest BCUT2D eigenvalue weighted by atomic mass is 19.1. The molecule has 2 aromatic carbocycles. The van der Waals surface area contributed by atoms with Crippen molar-refractivity contribution in [2.45, 2.75) is 84.0 Å². The summed E-state index contributed by atoms with van der Waals surface area (Å²) >= 11 is 0. The molecule has 0 unspecified atom stereocenters. The Labute approximate surface area is 186 Å². The van der Waals surface area contributed by atoms with E-state index in [0.717, 1.165) is 18.4 Å². The second-order valence-electron chi connectivity index (χ2n) is 8.27. The van der Waals surface area contributed by atoms with Crippen molar-refractivity contribution in [1.29, 1.82) is 0 Å². The summed E-state index contributed by atoms with van der Waals surface area (Å²) in [6.07, 6.45) is 15.4. The van der Waals surface area contributed by atoms with Crippen LogP contribution in [-0.4, -0.2) is 17.7 Å². The highest BCUT2D eigenvalue weighted by Crippen LogP contribution is 2.26. The lowest BCUT2D eigenvalue weighted by Gasteiger charge is -2.09. The number of carbonyl (C=O) groups is 1. The molecule has 2 aromatic rings. The van der Waals surface area contributed by atoms with E-state index >= 15 is 0 Å². The van der Waals surface area contributed by atoms with Gasteiger partial charge >= 0.3 is 5.97 Å². The van der Waals surface area contributed by atoms with Gasteiger partial charge in [0.1, 0.15) is 0 Å². The Morgan fingerprint density at radius 3 is 1.81 bits per heavy atom. The number of ether oxygens (including phenoxy) is 1. The molecular formula is C27H37FO3. The van der Waals surface area contributed by atoms with E-state index in [9.17, 15) is 9.18 Å². The van der Waals surface area contributed by atoms with Gasteiger partial charge in [-0.25, -0.2) is 9.18 Å². The average Bonchev–Trinajstić information content (AvgIpc) is 2.78. The summed E-state index contributed by atoms with van der Waals surface area (Å²) in [7, 11) is 0. The normalized spacial score (nSPS) is 10.9. The van der Waals surface area contributed by atoms with Crippen LogP contribution in [0, 0.1) is 5.82 Å². The van der Waals surface area contributed by atoms with E-state index < -0.39 is 11.8 Å². The van der Waals surface area contributed by atoms with Gasteiger partial charge in [-0.05, 0) is 41.8 Å². The van der Waals surface area contributed by atoms with Crippen LogP contribution in [0.1, 0.15) is 94.3 Å². The Bertz CT molecular complexity index is 771. The summed E-state index contributed by atoms with van der Waals surface area (Å²) in [5.74, 6) is -1.09. The Kier molecular flexibility index (Phi) is 11.7. The summed E-state index contributed by atoms with van der Waals surface area (Å²) < 4.78 is 20.0. The van der Waals surface area contributed by atoms with Crippen LogP contribution in [0.15, 0.2) is 42.5 Å². The number of hydrogen-bond donors (Lipinski definition) is 1. The third-order valence-corrected chi connectivity index (χ3v) is 5.65. The first-order valence-electron chi connectivity index (χ1n) is 11.9. The zero-order valence-electron chi connectivity index (χ0n) is 18.9. The molecule has 0 aliphatic carbocycles. The first-order valence-corrected chi connectivity index (χ1v) is 11.9. The van der Waals surface area contributed by atoms with E-state index in [1.807, 2.05) is 0 Å². The fourth-order valence-electron chi connectivity index (χ4n) is 3.73. The summed E-state index contributed by atoms with van der Waals surface area (Å²) in [6, 6.07) is 11.3. The molecule has 31 heavy (non-hydrogen) atoms. The molecule has 2 rings (SSSR count). The predicted molar refractivity (Wildman–Crippen MR) is 125 cm³/mol. The van der Waals surface area contributed by atoms with Crippen LogP contribution in [0.25, 0.3) is 11.1 Å². The second kappa shape index (κ2) is 14.6. The van der Waals surface area contributed by atoms with Gasteiger partial charge in [0.15, 0.2) is 11.6 Å². The Balaban J connectivity index is 1.59. The van der Waals surface area contributed by atoms with E-state index in [4.69, 9.17) is 9.84 Å². The molecule has 3 nitrogen and oxygen atoms in total. The van der Waals surface area contributed by atoms with Crippen molar-refractivity contribution >= 4 is 5.97 Å². The number of aromatic carboxylic acids is 1. The molecule has 0 saturated heterocycles. The maximum Gasteiger partial charge on any atom is 0.335 e. The fraction of sp³-hybridized carbons (Fsp3) is 0.519. The fourth-order valence-corrected chi connectivity index (χ4v) is 3.73. The van der Waals surface area contributed by atoms with E-state index in [2.05, 4.69) is 6.92 Å². The zero-order chi connectivity index (χ0) is 22.3. The van der Waals surface area contributed by atoms with Gasteiger partial charge in [0.25, 0.3) is 0 Å². The van der Waals surface area contributed by atoms with E-state index in [1.165, 1.54) is 82.4 Å². The number of halogens is 1. The molecule has 1 N–H and O–H groups in total. The number of carboxylic acid groups (broad SMARTS) is 1. The predicted octanol–water partition coefficient (Wildman–Crippen LogP) is 8.27. The molecule has 4 heteroatoms. The summed E-state index contributed by atoms with van der Waals surface area (Å²) in [4.78, 5) is 10.9. The van der Waals surface area contributed by atoms with Gasteiger partial charge in [-0.15, -0.1) is 0 Å². The quantitative estimate of drug-likeness (QED) is 0.274. The lowest BCUT2D eigenvalue weighted by molar-refractivity contribution is 0.0697. The maximum atomic E-state index is 14.4. The van der Waals surface area contributed by atoms with Crippen molar-refractivity contribution in [1.82, 2.24) is 0 Å². The van der Waals surface area contributed by atoms with Crippen molar-refractivity contribution < 1.29 is 19.0 Å². The van der Waals surface area contributed by atoms with Gasteiger partial charge in [0, 0.05) is 0 Å². The van der Waals surface area contributed by atoms with Crippen LogP contribution in [0.3, 0.4) is 0 Å². The molecule has 0 spiro atoms. The SMILES string of the molecule is CCCCCCCCCCCCCCOc1ccc(-c2ccc(C(=O)O)cc2)cc1F. The van der Waals surface area contributed by atoms with Crippen LogP contribution in [0.2, 0.25) is 0 Å². The Morgan fingerprint density at radius 1 is 0.774 bits per heavy atom. The monoisotopic (exact) mass is 428 g/mol. The minimum absolute atomic E-state index is 0.214. The highest BCUT2D eigenvalue weighted by Gasteiger charge is 2.08. The van der Waals surface area contributed by atoms with E-state index in [-0.39, 0.29) is 11.3 Å². The van der Waals surface area contributed by atoms with Crippen LogP contribution < -0.4 is 4.74 Å². The smallest absolute Gasteiger partial charge is 0.335 e. The number of hydrogen-bond acceptors (Lipinski definition) is 2. The van der Waals surface area contributed by atoms with Crippen molar-refractivity contribution in [3.63, 3.8) is 0 Å². The number of rotatable bonds is 16. The van der Waals surface area contributed by atoms with Crippen molar-refractivity contribution in [3.05, 3.63) is 53.8 Å². The molecule has 0 heterocycles. The van der Waals surface area contributed by atoms with Crippen LogP contribution in [0.5, 0.6) is 5.75 Å². The van der Waals surface area contributed by atoms with Crippen molar-refractivity contribution in [3.8, 4) is 16.9 Å². The maximum absolute atomic E-state index is 14.4. The van der Waals surface area contributed by atoms with Crippen LogP contribution >= 0.6 is 0 Å². The van der Waals surface area contributed by atoms with Gasteiger partial charge < -0.3 is 9.84 Å². The van der Waals surface area contributed by atoms with Crippen molar-refractivity contribution in [2.24, 2.45) is 0 Å². The zero-order valence-corrected chi connectivity index (χ0v) is 18.9. The molecule has 170 valence electrons. The molecule has 0 radical (unpaired) electrons. The molecular weight excluding hydrogens is 391 g/mol. The van der Waals surface area contributed by atoms with Gasteiger partial charge in [0.05, 0.1) is 12.2 Å². The molecule has 0 aliphatic rings. The molecule has 0 atom stereocenters. The molecule has 0 aliphatic heterocycles. The average molecular weight is 429 g/mol. The third-order valence-electron chi connectivity index (χ3n) is 5.65. The lowest BCUT2D eigenvalue weighted by Crippen LogP contribution is -1.99. The molecule has 0 saturated carbocycles. The minimum Gasteiger partial charge on any atom is -0.491 e. The Morgan fingerprint density at radius 2 is 1.29 bits per heavy atom. The van der Waals surface area contributed by atoms with Gasteiger partial charge in [0.2, 0.25) is 0 Å². The highest BCUT2D eigenvalue weighted by molar-refractivity contribution is 5.88. The number of benzene rings is 2. The van der Waals surface area contributed by atoms with Crippen LogP contribution in [-0.2, 0) is 0 Å². The van der Waals surface area contributed by atoms with Crippen LogP contribution in [0.4, 0.5) is 4.39 Å². The van der Waals surface area contributed by atoms with Gasteiger partial charge in [-0.2, -0.15) is 0 Å². The minimum atomic E-state index is -0.973. The van der Waals surface area contributed by atoms with E-state index in [1.54, 1.807) is 24.3 Å². The van der Waals surface area contributed by atoms with Gasteiger partial charge in [-0.1, -0.05) is 95.8 Å². The number of carboxylic acids is 1. The Hall–Kier alpha value is -2.36. The van der Waals surface area contributed by atoms with Crippen molar-refractivity contribution in [2.75, 3.05) is 6.61 Å². The van der Waals surface area contributed by atoms with Gasteiger partial charge in [-0.3, -0.25) is 0 Å². The standard InChI is InChI=1S/C27H37FO3/c1-2-3-4-5-6-7-8-9-10-11-12-13-20-31-26-19-18-24(21-25(26)28)22-14-16-23(17-15-22)27(29)30/h14-19,21H,2-13,20H2,1H3,(H,29,30).